The number of carbonyl (C=O) groups is 1. The summed E-state index contributed by atoms with van der Waals surface area (Å²) < 4.78 is 0. The molecule has 1 aliphatic carbocycles. The number of rotatable bonds is 7. The molecule has 2 aliphatic heterocycles. The molecule has 2 aromatic rings. The number of carbonyl (C=O) groups excluding carboxylic acids is 1. The predicted octanol–water partition coefficient (Wildman–Crippen LogP) is 2.73. The number of likely N-dealkylation sites (tertiary alicyclic amines) is 1. The van der Waals surface area contributed by atoms with Gasteiger partial charge in [0.05, 0.1) is 5.69 Å². The van der Waals surface area contributed by atoms with E-state index in [9.17, 15) is 9.59 Å². The van der Waals surface area contributed by atoms with E-state index in [1.54, 1.807) is 13.3 Å². The SMILES string of the molecule is CCc1ccc(C2CCN(C3CCN(c4ccc(C(=O)NC5CC5)nc4C=NC)CC3)C2)[nH]c1=O. The molecule has 1 amide bonds. The second-order valence-electron chi connectivity index (χ2n) is 10.1. The van der Waals surface area contributed by atoms with E-state index >= 15 is 0 Å². The van der Waals surface area contributed by atoms with Crippen molar-refractivity contribution in [3.63, 3.8) is 0 Å². The van der Waals surface area contributed by atoms with Gasteiger partial charge < -0.3 is 15.2 Å². The molecule has 5 rings (SSSR count). The van der Waals surface area contributed by atoms with Crippen LogP contribution in [0, 0.1) is 0 Å². The molecule has 3 aliphatic rings. The number of aryl methyl sites for hydroxylation is 1. The summed E-state index contributed by atoms with van der Waals surface area (Å²) in [5.74, 6) is 0.301. The van der Waals surface area contributed by atoms with E-state index < -0.39 is 0 Å². The Balaban J connectivity index is 1.20. The lowest BCUT2D eigenvalue weighted by Gasteiger charge is -2.38. The summed E-state index contributed by atoms with van der Waals surface area (Å²) >= 11 is 0. The summed E-state index contributed by atoms with van der Waals surface area (Å²) in [4.78, 5) is 41.6. The molecular formula is C27H36N6O2. The second-order valence-corrected chi connectivity index (χ2v) is 10.1. The van der Waals surface area contributed by atoms with Gasteiger partial charge in [0.2, 0.25) is 0 Å². The molecule has 4 heterocycles. The normalized spacial score (nSPS) is 21.7. The van der Waals surface area contributed by atoms with Crippen LogP contribution >= 0.6 is 0 Å². The minimum atomic E-state index is -0.0993. The van der Waals surface area contributed by atoms with E-state index in [2.05, 4.69) is 36.1 Å². The summed E-state index contributed by atoms with van der Waals surface area (Å²) in [6.07, 6.45) is 7.90. The number of H-pyrrole nitrogens is 1. The van der Waals surface area contributed by atoms with Crippen LogP contribution in [0.1, 0.15) is 72.4 Å². The first-order chi connectivity index (χ1) is 17.1. The van der Waals surface area contributed by atoms with E-state index in [0.29, 0.717) is 23.7 Å². The van der Waals surface area contributed by atoms with Crippen LogP contribution in [-0.2, 0) is 6.42 Å². The Morgan fingerprint density at radius 1 is 1.14 bits per heavy atom. The smallest absolute Gasteiger partial charge is 0.270 e. The van der Waals surface area contributed by atoms with Gasteiger partial charge in [-0.2, -0.15) is 0 Å². The van der Waals surface area contributed by atoms with E-state index in [1.807, 2.05) is 25.1 Å². The van der Waals surface area contributed by atoms with Gasteiger partial charge in [0.1, 0.15) is 11.4 Å². The number of aromatic nitrogens is 2. The second kappa shape index (κ2) is 10.3. The number of aromatic amines is 1. The molecule has 0 radical (unpaired) electrons. The van der Waals surface area contributed by atoms with E-state index in [0.717, 1.165) is 87.3 Å². The number of nitrogens with one attached hydrogen (secondary N) is 2. The van der Waals surface area contributed by atoms with Crippen LogP contribution < -0.4 is 15.8 Å². The lowest BCUT2D eigenvalue weighted by molar-refractivity contribution is 0.0946. The zero-order chi connectivity index (χ0) is 24.4. The van der Waals surface area contributed by atoms with Crippen molar-refractivity contribution in [1.82, 2.24) is 20.2 Å². The van der Waals surface area contributed by atoms with Crippen molar-refractivity contribution in [3.05, 3.63) is 57.3 Å². The Morgan fingerprint density at radius 3 is 2.63 bits per heavy atom. The lowest BCUT2D eigenvalue weighted by atomic mass is 10.0. The number of amides is 1. The quantitative estimate of drug-likeness (QED) is 0.600. The van der Waals surface area contributed by atoms with Crippen molar-refractivity contribution in [2.75, 3.05) is 38.1 Å². The van der Waals surface area contributed by atoms with Crippen LogP contribution in [0.25, 0.3) is 0 Å². The van der Waals surface area contributed by atoms with Crippen LogP contribution in [0.2, 0.25) is 0 Å². The summed E-state index contributed by atoms with van der Waals surface area (Å²) in [6.45, 7) is 6.00. The average molecular weight is 477 g/mol. The number of pyridine rings is 2. The Kier molecular flexibility index (Phi) is 7.00. The topological polar surface area (TPSA) is 93.7 Å². The number of hydrogen-bond donors (Lipinski definition) is 2. The third-order valence-corrected chi connectivity index (χ3v) is 7.67. The van der Waals surface area contributed by atoms with E-state index in [1.165, 1.54) is 0 Å². The Morgan fingerprint density at radius 2 is 1.94 bits per heavy atom. The summed E-state index contributed by atoms with van der Waals surface area (Å²) in [6, 6.07) is 8.82. The number of hydrogen-bond acceptors (Lipinski definition) is 6. The highest BCUT2D eigenvalue weighted by Gasteiger charge is 2.32. The maximum Gasteiger partial charge on any atom is 0.270 e. The molecule has 1 unspecified atom stereocenters. The monoisotopic (exact) mass is 476 g/mol. The first-order valence-electron chi connectivity index (χ1n) is 13.0. The van der Waals surface area contributed by atoms with E-state index in [-0.39, 0.29) is 11.5 Å². The van der Waals surface area contributed by atoms with E-state index in [4.69, 9.17) is 0 Å². The Hall–Kier alpha value is -3.00. The third-order valence-electron chi connectivity index (χ3n) is 7.67. The van der Waals surface area contributed by atoms with Crippen molar-refractivity contribution in [2.24, 2.45) is 4.99 Å². The van der Waals surface area contributed by atoms with Crippen molar-refractivity contribution < 1.29 is 4.79 Å². The largest absolute Gasteiger partial charge is 0.370 e. The number of piperidine rings is 1. The number of nitrogens with zero attached hydrogens (tertiary/aromatic N) is 4. The fraction of sp³-hybridized carbons (Fsp3) is 0.556. The summed E-state index contributed by atoms with van der Waals surface area (Å²) in [7, 11) is 1.74. The molecule has 2 aromatic heterocycles. The van der Waals surface area contributed by atoms with Crippen molar-refractivity contribution in [3.8, 4) is 0 Å². The van der Waals surface area contributed by atoms with Gasteiger partial charge in [-0.15, -0.1) is 0 Å². The maximum atomic E-state index is 12.5. The fourth-order valence-corrected chi connectivity index (χ4v) is 5.45. The molecule has 3 fully saturated rings. The predicted molar refractivity (Wildman–Crippen MR) is 139 cm³/mol. The molecular weight excluding hydrogens is 440 g/mol. The van der Waals surface area contributed by atoms with Gasteiger partial charge in [-0.05, 0) is 63.3 Å². The first kappa shape index (κ1) is 23.7. The summed E-state index contributed by atoms with van der Waals surface area (Å²) in [5, 5.41) is 3.01. The lowest BCUT2D eigenvalue weighted by Crippen LogP contribution is -2.44. The molecule has 0 spiro atoms. The molecule has 8 heteroatoms. The molecule has 1 saturated carbocycles. The Labute approximate surface area is 206 Å². The fourth-order valence-electron chi connectivity index (χ4n) is 5.45. The van der Waals surface area contributed by atoms with Gasteiger partial charge in [0, 0.05) is 62.2 Å². The highest BCUT2D eigenvalue weighted by molar-refractivity contribution is 5.95. The van der Waals surface area contributed by atoms with Gasteiger partial charge in [-0.1, -0.05) is 13.0 Å². The molecule has 35 heavy (non-hydrogen) atoms. The molecule has 0 bridgehead atoms. The molecule has 0 aromatic carbocycles. The maximum absolute atomic E-state index is 12.5. The van der Waals surface area contributed by atoms with Crippen molar-refractivity contribution in [2.45, 2.75) is 63.5 Å². The summed E-state index contributed by atoms with van der Waals surface area (Å²) in [5.41, 5.74) is 4.26. The zero-order valence-corrected chi connectivity index (χ0v) is 20.8. The highest BCUT2D eigenvalue weighted by atomic mass is 16.2. The first-order valence-corrected chi connectivity index (χ1v) is 13.0. The van der Waals surface area contributed by atoms with Gasteiger partial charge in [0.15, 0.2) is 0 Å². The van der Waals surface area contributed by atoms with Crippen LogP contribution in [0.3, 0.4) is 0 Å². The van der Waals surface area contributed by atoms with Gasteiger partial charge in [-0.25, -0.2) is 4.98 Å². The molecule has 1 atom stereocenters. The van der Waals surface area contributed by atoms with Crippen LogP contribution in [0.5, 0.6) is 0 Å². The molecule has 8 nitrogen and oxygen atoms in total. The van der Waals surface area contributed by atoms with Crippen molar-refractivity contribution >= 4 is 17.8 Å². The number of aliphatic imine (C=N–C) groups is 1. The molecule has 186 valence electrons. The van der Waals surface area contributed by atoms with Crippen LogP contribution in [0.15, 0.2) is 34.1 Å². The van der Waals surface area contributed by atoms with Crippen LogP contribution in [-0.4, -0.2) is 72.3 Å². The standard InChI is InChI=1S/C27H36N6O2/c1-3-18-4-7-22(31-26(18)34)19-10-13-33(17-19)21-11-14-32(15-12-21)25-9-8-23(30-24(25)16-28-2)27(35)29-20-5-6-20/h4,7-9,16,19-21H,3,5-6,10-15,17H2,1-2H3,(H,29,35)(H,31,34). The zero-order valence-electron chi connectivity index (χ0n) is 20.8. The van der Waals surface area contributed by atoms with Gasteiger partial charge in [0.25, 0.3) is 11.5 Å². The number of anilines is 1. The van der Waals surface area contributed by atoms with Crippen LogP contribution in [0.4, 0.5) is 5.69 Å². The Bertz CT molecular complexity index is 1150. The van der Waals surface area contributed by atoms with Crippen molar-refractivity contribution in [1.29, 1.82) is 0 Å². The minimum Gasteiger partial charge on any atom is -0.370 e. The highest BCUT2D eigenvalue weighted by Crippen LogP contribution is 2.31. The third kappa shape index (κ3) is 5.32. The average Bonchev–Trinajstić information content (AvgIpc) is 3.55. The van der Waals surface area contributed by atoms with Gasteiger partial charge >= 0.3 is 0 Å². The molecule has 2 saturated heterocycles. The minimum absolute atomic E-state index is 0.0628. The molecule has 2 N–H and O–H groups in total. The van der Waals surface area contributed by atoms with Gasteiger partial charge in [-0.3, -0.25) is 19.5 Å².